The molecule has 0 unspecified atom stereocenters. The van der Waals surface area contributed by atoms with Crippen molar-refractivity contribution < 1.29 is 0 Å². The molecule has 0 aliphatic rings. The molecule has 266 valence electrons. The SMILES string of the molecule is c1ccc(-c2ccc(-n3c4ccccc4c4cc(-c5ccc6c(c5)c5ccc7sc8ccccc8c7c5n6-c5cccc(-c6ccccc6)c5)ccc43)cc2)cc1. The molecule has 3 heteroatoms. The van der Waals surface area contributed by atoms with Crippen LogP contribution in [0.4, 0.5) is 0 Å². The van der Waals surface area contributed by atoms with Crippen LogP contribution in [0.25, 0.3) is 109 Å². The van der Waals surface area contributed by atoms with E-state index in [9.17, 15) is 0 Å². The topological polar surface area (TPSA) is 9.86 Å². The van der Waals surface area contributed by atoms with Gasteiger partial charge < -0.3 is 9.13 Å². The number of nitrogens with zero attached hydrogens (tertiary/aromatic N) is 2. The summed E-state index contributed by atoms with van der Waals surface area (Å²) in [6.07, 6.45) is 0. The maximum atomic E-state index is 2.50. The number of benzene rings is 9. The van der Waals surface area contributed by atoms with Crippen molar-refractivity contribution in [1.29, 1.82) is 0 Å². The molecule has 0 spiro atoms. The first-order chi connectivity index (χ1) is 28.3. The molecule has 12 rings (SSSR count). The van der Waals surface area contributed by atoms with Crippen molar-refractivity contribution in [2.45, 2.75) is 0 Å². The van der Waals surface area contributed by atoms with Crippen LogP contribution in [-0.2, 0) is 0 Å². The van der Waals surface area contributed by atoms with Gasteiger partial charge in [-0.05, 0) is 100 Å². The number of rotatable bonds is 5. The van der Waals surface area contributed by atoms with Gasteiger partial charge in [0.15, 0.2) is 0 Å². The van der Waals surface area contributed by atoms with Crippen LogP contribution in [0.5, 0.6) is 0 Å². The monoisotopic (exact) mass is 742 g/mol. The Balaban J connectivity index is 1.05. The first kappa shape index (κ1) is 32.1. The summed E-state index contributed by atoms with van der Waals surface area (Å²) >= 11 is 1.88. The second kappa shape index (κ2) is 12.7. The van der Waals surface area contributed by atoms with Gasteiger partial charge >= 0.3 is 0 Å². The molecule has 0 saturated heterocycles. The second-order valence-corrected chi connectivity index (χ2v) is 16.0. The van der Waals surface area contributed by atoms with Crippen molar-refractivity contribution in [3.05, 3.63) is 206 Å². The molecule has 9 aromatic carbocycles. The van der Waals surface area contributed by atoms with Crippen molar-refractivity contribution in [3.63, 3.8) is 0 Å². The van der Waals surface area contributed by atoms with E-state index in [-0.39, 0.29) is 0 Å². The predicted molar refractivity (Wildman–Crippen MR) is 244 cm³/mol. The van der Waals surface area contributed by atoms with Crippen LogP contribution in [0.2, 0.25) is 0 Å². The van der Waals surface area contributed by atoms with Crippen LogP contribution < -0.4 is 0 Å². The molecular formula is C54H34N2S. The maximum absolute atomic E-state index is 2.50. The molecular weight excluding hydrogens is 709 g/mol. The van der Waals surface area contributed by atoms with Crippen LogP contribution in [0, 0.1) is 0 Å². The van der Waals surface area contributed by atoms with Crippen LogP contribution >= 0.6 is 11.3 Å². The Morgan fingerprint density at radius 3 is 1.58 bits per heavy atom. The molecule has 0 N–H and O–H groups in total. The van der Waals surface area contributed by atoms with Gasteiger partial charge in [0.05, 0.1) is 22.1 Å². The van der Waals surface area contributed by atoms with Gasteiger partial charge in [-0.2, -0.15) is 0 Å². The number of fused-ring (bicyclic) bond motifs is 10. The van der Waals surface area contributed by atoms with Crippen LogP contribution in [0.1, 0.15) is 0 Å². The summed E-state index contributed by atoms with van der Waals surface area (Å²) in [6, 6.07) is 75.6. The van der Waals surface area contributed by atoms with Crippen molar-refractivity contribution >= 4 is 75.1 Å². The average Bonchev–Trinajstić information content (AvgIpc) is 3.94. The smallest absolute Gasteiger partial charge is 0.0634 e. The highest BCUT2D eigenvalue weighted by Gasteiger charge is 2.20. The molecule has 3 aromatic heterocycles. The third-order valence-corrected chi connectivity index (χ3v) is 12.9. The van der Waals surface area contributed by atoms with Gasteiger partial charge in [0.2, 0.25) is 0 Å². The third kappa shape index (κ3) is 5.03. The number of hydrogen-bond donors (Lipinski definition) is 0. The van der Waals surface area contributed by atoms with E-state index in [0.717, 1.165) is 11.4 Å². The zero-order valence-corrected chi connectivity index (χ0v) is 31.7. The summed E-state index contributed by atoms with van der Waals surface area (Å²) < 4.78 is 7.53. The fourth-order valence-electron chi connectivity index (χ4n) is 9.08. The molecule has 0 bridgehead atoms. The molecule has 0 radical (unpaired) electrons. The Labute approximate surface area is 333 Å². The summed E-state index contributed by atoms with van der Waals surface area (Å²) in [5.41, 5.74) is 14.5. The lowest BCUT2D eigenvalue weighted by Crippen LogP contribution is -1.95. The normalized spacial score (nSPS) is 11.9. The van der Waals surface area contributed by atoms with Crippen molar-refractivity contribution in [1.82, 2.24) is 9.13 Å². The second-order valence-electron chi connectivity index (χ2n) is 14.9. The first-order valence-corrected chi connectivity index (χ1v) is 20.3. The molecule has 0 aliphatic carbocycles. The van der Waals surface area contributed by atoms with Crippen molar-refractivity contribution in [3.8, 4) is 44.8 Å². The Morgan fingerprint density at radius 1 is 0.281 bits per heavy atom. The summed E-state index contributed by atoms with van der Waals surface area (Å²) in [7, 11) is 0. The highest BCUT2D eigenvalue weighted by atomic mass is 32.1. The minimum atomic E-state index is 1.16. The standard InChI is InChI=1S/C54H34N2S/c1-3-12-35(13-4-1)37-22-26-41(27-23-37)55-48-20-9-7-18-43(48)46-33-39(24-29-49(46)55)40-25-30-50-47(34-40)44-28-31-52-53(45-19-8-10-21-51(45)57-52)54(44)56(50)42-17-11-16-38(32-42)36-14-5-2-6-15-36/h1-34H. The molecule has 3 heterocycles. The summed E-state index contributed by atoms with van der Waals surface area (Å²) in [5.74, 6) is 0. The fourth-order valence-corrected chi connectivity index (χ4v) is 10.2. The van der Waals surface area contributed by atoms with E-state index in [1.54, 1.807) is 0 Å². The van der Waals surface area contributed by atoms with Gasteiger partial charge in [-0.15, -0.1) is 11.3 Å². The Morgan fingerprint density at radius 2 is 0.825 bits per heavy atom. The minimum Gasteiger partial charge on any atom is -0.309 e. The molecule has 0 atom stereocenters. The molecule has 57 heavy (non-hydrogen) atoms. The van der Waals surface area contributed by atoms with E-state index in [2.05, 4.69) is 215 Å². The van der Waals surface area contributed by atoms with E-state index >= 15 is 0 Å². The summed E-state index contributed by atoms with van der Waals surface area (Å²) in [5, 5.41) is 7.66. The number of aromatic nitrogens is 2. The number of para-hydroxylation sites is 1. The lowest BCUT2D eigenvalue weighted by Gasteiger charge is -2.12. The average molecular weight is 743 g/mol. The van der Waals surface area contributed by atoms with Crippen molar-refractivity contribution in [2.75, 3.05) is 0 Å². The maximum Gasteiger partial charge on any atom is 0.0634 e. The molecule has 2 nitrogen and oxygen atoms in total. The zero-order chi connectivity index (χ0) is 37.5. The molecule has 12 aromatic rings. The van der Waals surface area contributed by atoms with E-state index in [0.29, 0.717) is 0 Å². The zero-order valence-electron chi connectivity index (χ0n) is 30.9. The third-order valence-electron chi connectivity index (χ3n) is 11.7. The Bertz CT molecular complexity index is 3490. The molecule has 0 fully saturated rings. The van der Waals surface area contributed by atoms with Gasteiger partial charge in [0, 0.05) is 53.1 Å². The van der Waals surface area contributed by atoms with Gasteiger partial charge in [-0.25, -0.2) is 0 Å². The molecule has 0 aliphatic heterocycles. The Kier molecular flexibility index (Phi) is 7.13. The summed E-state index contributed by atoms with van der Waals surface area (Å²) in [4.78, 5) is 0. The highest BCUT2D eigenvalue weighted by Crippen LogP contribution is 2.44. The van der Waals surface area contributed by atoms with E-state index < -0.39 is 0 Å². The molecule has 0 amide bonds. The number of hydrogen-bond acceptors (Lipinski definition) is 1. The number of thiophene rings is 1. The van der Waals surface area contributed by atoms with Crippen LogP contribution in [-0.4, -0.2) is 9.13 Å². The van der Waals surface area contributed by atoms with E-state index in [1.165, 1.54) is 97.2 Å². The first-order valence-electron chi connectivity index (χ1n) is 19.5. The quantitative estimate of drug-likeness (QED) is 0.166. The lowest BCUT2D eigenvalue weighted by molar-refractivity contribution is 1.18. The highest BCUT2D eigenvalue weighted by molar-refractivity contribution is 7.26. The van der Waals surface area contributed by atoms with Gasteiger partial charge in [0.1, 0.15) is 0 Å². The van der Waals surface area contributed by atoms with Gasteiger partial charge in [-0.3, -0.25) is 0 Å². The van der Waals surface area contributed by atoms with E-state index in [4.69, 9.17) is 0 Å². The van der Waals surface area contributed by atoms with Crippen LogP contribution in [0.15, 0.2) is 206 Å². The van der Waals surface area contributed by atoms with Crippen LogP contribution in [0.3, 0.4) is 0 Å². The Hall–Kier alpha value is -7.20. The summed E-state index contributed by atoms with van der Waals surface area (Å²) in [6.45, 7) is 0. The van der Waals surface area contributed by atoms with Gasteiger partial charge in [-0.1, -0.05) is 140 Å². The van der Waals surface area contributed by atoms with Gasteiger partial charge in [0.25, 0.3) is 0 Å². The molecule has 0 saturated carbocycles. The largest absolute Gasteiger partial charge is 0.309 e. The lowest BCUT2D eigenvalue weighted by atomic mass is 10.00. The minimum absolute atomic E-state index is 1.16. The van der Waals surface area contributed by atoms with E-state index in [1.807, 2.05) is 11.3 Å². The predicted octanol–water partition coefficient (Wildman–Crippen LogP) is 15.2. The van der Waals surface area contributed by atoms with Crippen molar-refractivity contribution in [2.24, 2.45) is 0 Å². The fraction of sp³-hybridized carbons (Fsp3) is 0.